The summed E-state index contributed by atoms with van der Waals surface area (Å²) in [7, 11) is 1.85. The molecule has 4 aliphatic rings. The molecular weight excluding hydrogens is 370 g/mol. The van der Waals surface area contributed by atoms with Crippen LogP contribution in [0.15, 0.2) is 19.4 Å². The summed E-state index contributed by atoms with van der Waals surface area (Å²) in [6, 6.07) is 0. The Morgan fingerprint density at radius 2 is 2.15 bits per heavy atom. The van der Waals surface area contributed by atoms with Crippen molar-refractivity contribution in [1.82, 2.24) is 10.1 Å². The standard InChI is InChI=1S/C18H13N3O3S2/c1-19-12-9(24-21-11(12)8-2-3-8)4-5-10-20-16-17(25-10)26-15-13(23-16)14(22)18(15)6-7-18/h8,19H,2-3,6-7H2,1H3. The van der Waals surface area contributed by atoms with E-state index in [0.717, 1.165) is 46.2 Å². The summed E-state index contributed by atoms with van der Waals surface area (Å²) in [5, 5.41) is 7.95. The predicted molar refractivity (Wildman–Crippen MR) is 96.3 cm³/mol. The van der Waals surface area contributed by atoms with Gasteiger partial charge >= 0.3 is 0 Å². The molecule has 0 saturated heterocycles. The maximum atomic E-state index is 12.2. The highest BCUT2D eigenvalue weighted by atomic mass is 32.2. The minimum Gasteiger partial charge on any atom is -0.432 e. The van der Waals surface area contributed by atoms with Crippen molar-refractivity contribution in [3.8, 4) is 17.7 Å². The number of rotatable bonds is 2. The first-order valence-corrected chi connectivity index (χ1v) is 10.2. The Balaban J connectivity index is 1.29. The molecule has 0 radical (unpaired) electrons. The van der Waals surface area contributed by atoms with Gasteiger partial charge in [0.2, 0.25) is 17.4 Å². The van der Waals surface area contributed by atoms with Crippen LogP contribution in [0.4, 0.5) is 5.69 Å². The lowest BCUT2D eigenvalue weighted by Gasteiger charge is -2.32. The number of thioether (sulfide) groups is 1. The molecule has 0 aromatic carbocycles. The van der Waals surface area contributed by atoms with Gasteiger partial charge in [-0.3, -0.25) is 4.79 Å². The van der Waals surface area contributed by atoms with Crippen LogP contribution in [0.25, 0.3) is 0 Å². The number of aromatic nitrogens is 2. The lowest BCUT2D eigenvalue weighted by molar-refractivity contribution is -0.124. The predicted octanol–water partition coefficient (Wildman–Crippen LogP) is 3.51. The third-order valence-corrected chi connectivity index (χ3v) is 7.59. The van der Waals surface area contributed by atoms with Gasteiger partial charge in [0.25, 0.3) is 0 Å². The summed E-state index contributed by atoms with van der Waals surface area (Å²) in [5.74, 6) is 8.23. The van der Waals surface area contributed by atoms with Gasteiger partial charge in [-0.1, -0.05) is 28.3 Å². The van der Waals surface area contributed by atoms with Gasteiger partial charge in [-0.05, 0) is 37.5 Å². The van der Waals surface area contributed by atoms with Gasteiger partial charge in [-0.15, -0.1) is 0 Å². The molecule has 130 valence electrons. The van der Waals surface area contributed by atoms with Crippen molar-refractivity contribution in [2.45, 2.75) is 35.8 Å². The van der Waals surface area contributed by atoms with E-state index in [1.165, 1.54) is 11.3 Å². The van der Waals surface area contributed by atoms with E-state index >= 15 is 0 Å². The van der Waals surface area contributed by atoms with Crippen molar-refractivity contribution in [1.29, 1.82) is 0 Å². The monoisotopic (exact) mass is 383 g/mol. The molecule has 3 heterocycles. The quantitative estimate of drug-likeness (QED) is 0.795. The molecule has 3 aliphatic carbocycles. The topological polar surface area (TPSA) is 77.2 Å². The van der Waals surface area contributed by atoms with Gasteiger partial charge in [0.15, 0.2) is 10.8 Å². The zero-order valence-corrected chi connectivity index (χ0v) is 15.5. The smallest absolute Gasteiger partial charge is 0.245 e. The molecule has 1 aliphatic heterocycles. The average Bonchev–Trinajstić information content (AvgIpc) is 3.58. The summed E-state index contributed by atoms with van der Waals surface area (Å²) >= 11 is 3.11. The third-order valence-electron chi connectivity index (χ3n) is 5.21. The van der Waals surface area contributed by atoms with Crippen molar-refractivity contribution >= 4 is 34.6 Å². The molecule has 6 nitrogen and oxygen atoms in total. The molecule has 2 fully saturated rings. The molecule has 1 N–H and O–H groups in total. The fourth-order valence-electron chi connectivity index (χ4n) is 3.43. The number of ether oxygens (including phenoxy) is 1. The van der Waals surface area contributed by atoms with Crippen molar-refractivity contribution in [3.05, 3.63) is 27.1 Å². The van der Waals surface area contributed by atoms with E-state index in [9.17, 15) is 4.79 Å². The van der Waals surface area contributed by atoms with Crippen molar-refractivity contribution in [2.75, 3.05) is 12.4 Å². The van der Waals surface area contributed by atoms with E-state index in [2.05, 4.69) is 27.3 Å². The fourth-order valence-corrected chi connectivity index (χ4v) is 5.75. The SMILES string of the molecule is CNc1c(C2CC2)noc1C#Cc1nc2c(s1)SC1=C(O2)C(=O)C12CC2. The van der Waals surface area contributed by atoms with Crippen LogP contribution in [0.2, 0.25) is 0 Å². The minimum absolute atomic E-state index is 0.138. The molecule has 0 bridgehead atoms. The number of carbonyl (C=O) groups excluding carboxylic acids is 1. The number of fused-ring (bicyclic) bond motifs is 2. The highest BCUT2D eigenvalue weighted by molar-refractivity contribution is 8.05. The molecule has 1 spiro atoms. The second kappa shape index (κ2) is 4.93. The second-order valence-corrected chi connectivity index (χ2v) is 9.21. The lowest BCUT2D eigenvalue weighted by atomic mass is 9.87. The Morgan fingerprint density at radius 1 is 1.31 bits per heavy atom. The first-order valence-electron chi connectivity index (χ1n) is 8.55. The average molecular weight is 383 g/mol. The first-order chi connectivity index (χ1) is 12.7. The summed E-state index contributed by atoms with van der Waals surface area (Å²) < 4.78 is 12.1. The molecule has 26 heavy (non-hydrogen) atoms. The summed E-state index contributed by atoms with van der Waals surface area (Å²) in [5.41, 5.74) is 1.62. The number of nitrogens with zero attached hydrogens (tertiary/aromatic N) is 2. The summed E-state index contributed by atoms with van der Waals surface area (Å²) in [6.07, 6.45) is 4.20. The second-order valence-electron chi connectivity index (χ2n) is 6.93. The van der Waals surface area contributed by atoms with Crippen LogP contribution in [-0.4, -0.2) is 23.0 Å². The van der Waals surface area contributed by atoms with Gasteiger partial charge in [-0.2, -0.15) is 4.98 Å². The molecule has 2 aromatic heterocycles. The number of anilines is 1. The fraction of sp³-hybridized carbons (Fsp3) is 0.389. The zero-order chi connectivity index (χ0) is 17.5. The summed E-state index contributed by atoms with van der Waals surface area (Å²) in [4.78, 5) is 17.7. The maximum Gasteiger partial charge on any atom is 0.245 e. The Morgan fingerprint density at radius 3 is 2.88 bits per heavy atom. The first kappa shape index (κ1) is 14.9. The van der Waals surface area contributed by atoms with Gasteiger partial charge in [0, 0.05) is 13.0 Å². The Hall–Kier alpha value is -2.24. The Kier molecular flexibility index (Phi) is 2.82. The van der Waals surface area contributed by atoms with E-state index in [1.54, 1.807) is 11.8 Å². The van der Waals surface area contributed by atoms with E-state index in [4.69, 9.17) is 9.26 Å². The number of hydrogen-bond donors (Lipinski definition) is 1. The summed E-state index contributed by atoms with van der Waals surface area (Å²) in [6.45, 7) is 0. The van der Waals surface area contributed by atoms with Crippen LogP contribution in [0, 0.1) is 17.3 Å². The molecule has 0 amide bonds. The number of nitrogens with one attached hydrogen (secondary N) is 1. The van der Waals surface area contributed by atoms with Crippen LogP contribution >= 0.6 is 23.1 Å². The molecular formula is C18H13N3O3S2. The molecule has 2 saturated carbocycles. The van der Waals surface area contributed by atoms with Gasteiger partial charge in [0.05, 0.1) is 10.3 Å². The number of allylic oxidation sites excluding steroid dienone is 2. The molecule has 2 aromatic rings. The molecule has 6 rings (SSSR count). The number of ketones is 1. The van der Waals surface area contributed by atoms with Crippen LogP contribution in [0.3, 0.4) is 0 Å². The van der Waals surface area contributed by atoms with Crippen molar-refractivity contribution in [2.24, 2.45) is 5.41 Å². The van der Waals surface area contributed by atoms with Crippen LogP contribution in [0.1, 0.15) is 48.1 Å². The van der Waals surface area contributed by atoms with E-state index < -0.39 is 0 Å². The van der Waals surface area contributed by atoms with Gasteiger partial charge in [-0.25, -0.2) is 0 Å². The van der Waals surface area contributed by atoms with E-state index in [-0.39, 0.29) is 11.2 Å². The van der Waals surface area contributed by atoms with E-state index in [0.29, 0.717) is 28.3 Å². The van der Waals surface area contributed by atoms with Crippen LogP contribution < -0.4 is 10.1 Å². The van der Waals surface area contributed by atoms with Crippen molar-refractivity contribution in [3.63, 3.8) is 0 Å². The zero-order valence-electron chi connectivity index (χ0n) is 13.8. The van der Waals surface area contributed by atoms with Gasteiger partial charge < -0.3 is 14.6 Å². The number of carbonyl (C=O) groups is 1. The number of hydrogen-bond acceptors (Lipinski definition) is 8. The van der Waals surface area contributed by atoms with Gasteiger partial charge in [0.1, 0.15) is 15.6 Å². The number of Topliss-reactive ketones (excluding diaryl/α,β-unsaturated/α-hetero) is 1. The number of thiazole rings is 1. The molecule has 8 heteroatoms. The maximum absolute atomic E-state index is 12.2. The molecule has 0 unspecified atom stereocenters. The minimum atomic E-state index is -0.214. The van der Waals surface area contributed by atoms with Crippen molar-refractivity contribution < 1.29 is 14.1 Å². The largest absolute Gasteiger partial charge is 0.432 e. The molecule has 0 atom stereocenters. The normalized spacial score (nSPS) is 21.3. The highest BCUT2D eigenvalue weighted by Crippen LogP contribution is 2.68. The van der Waals surface area contributed by atoms with Crippen LogP contribution in [-0.2, 0) is 4.79 Å². The Labute approximate surface area is 157 Å². The van der Waals surface area contributed by atoms with E-state index in [1.807, 2.05) is 7.05 Å². The third kappa shape index (κ3) is 1.93. The van der Waals surface area contributed by atoms with Crippen LogP contribution in [0.5, 0.6) is 5.88 Å². The lowest BCUT2D eigenvalue weighted by Crippen LogP contribution is -2.36. The highest BCUT2D eigenvalue weighted by Gasteiger charge is 2.65. The Bertz CT molecular complexity index is 1080.